The lowest BCUT2D eigenvalue weighted by atomic mass is 9.98. The van der Waals surface area contributed by atoms with Crippen LogP contribution < -0.4 is 0 Å². The van der Waals surface area contributed by atoms with Crippen LogP contribution in [0, 0.1) is 0 Å². The standard InChI is InChI=1S/C14H22O4/c1-10-5-3-2-4-6-11-7-8-12(15)13(18-11)9-14(16)17-10/h4,6,10-13,15H,2-3,5,7-9H2,1H3/b6-4-/t10-,11+,12+,13+/m1/s1. The number of aliphatic hydroxyl groups excluding tert-OH is 1. The first-order valence-corrected chi connectivity index (χ1v) is 6.85. The summed E-state index contributed by atoms with van der Waals surface area (Å²) >= 11 is 0. The van der Waals surface area contributed by atoms with Gasteiger partial charge in [-0.15, -0.1) is 0 Å². The molecular formula is C14H22O4. The van der Waals surface area contributed by atoms with Gasteiger partial charge >= 0.3 is 5.97 Å². The van der Waals surface area contributed by atoms with E-state index in [1.54, 1.807) is 0 Å². The van der Waals surface area contributed by atoms with Crippen molar-refractivity contribution in [1.82, 2.24) is 0 Å². The molecular weight excluding hydrogens is 232 g/mol. The summed E-state index contributed by atoms with van der Waals surface area (Å²) < 4.78 is 11.0. The van der Waals surface area contributed by atoms with Gasteiger partial charge in [0.15, 0.2) is 0 Å². The van der Waals surface area contributed by atoms with Gasteiger partial charge in [-0.05, 0) is 39.0 Å². The largest absolute Gasteiger partial charge is 0.463 e. The van der Waals surface area contributed by atoms with Gasteiger partial charge in [0.1, 0.15) is 0 Å². The molecule has 0 aromatic carbocycles. The van der Waals surface area contributed by atoms with Crippen molar-refractivity contribution < 1.29 is 19.4 Å². The Balaban J connectivity index is 2.03. The van der Waals surface area contributed by atoms with Crippen LogP contribution in [0.5, 0.6) is 0 Å². The molecule has 0 unspecified atom stereocenters. The van der Waals surface area contributed by atoms with E-state index in [0.717, 1.165) is 25.7 Å². The predicted octanol–water partition coefficient (Wildman–Crippen LogP) is 1.96. The maximum atomic E-state index is 11.7. The van der Waals surface area contributed by atoms with Crippen LogP contribution in [0.25, 0.3) is 0 Å². The number of allylic oxidation sites excluding steroid dienone is 1. The van der Waals surface area contributed by atoms with Gasteiger partial charge in [0.25, 0.3) is 0 Å². The second kappa shape index (κ2) is 6.34. The number of esters is 1. The number of fused-ring (bicyclic) bond motifs is 2. The van der Waals surface area contributed by atoms with E-state index < -0.39 is 12.2 Å². The van der Waals surface area contributed by atoms with Crippen LogP contribution in [0.4, 0.5) is 0 Å². The fourth-order valence-corrected chi connectivity index (χ4v) is 2.50. The zero-order valence-corrected chi connectivity index (χ0v) is 10.9. The predicted molar refractivity (Wildman–Crippen MR) is 67.1 cm³/mol. The second-order valence-corrected chi connectivity index (χ2v) is 5.22. The van der Waals surface area contributed by atoms with Crippen molar-refractivity contribution in [3.05, 3.63) is 12.2 Å². The highest BCUT2D eigenvalue weighted by molar-refractivity contribution is 5.70. The summed E-state index contributed by atoms with van der Waals surface area (Å²) in [6, 6.07) is 0. The van der Waals surface area contributed by atoms with E-state index in [0.29, 0.717) is 6.42 Å². The third-order valence-corrected chi connectivity index (χ3v) is 3.56. The van der Waals surface area contributed by atoms with Crippen LogP contribution in [-0.2, 0) is 14.3 Å². The van der Waals surface area contributed by atoms with Crippen molar-refractivity contribution in [2.24, 2.45) is 0 Å². The lowest BCUT2D eigenvalue weighted by Gasteiger charge is -2.32. The van der Waals surface area contributed by atoms with Gasteiger partial charge in [0.2, 0.25) is 0 Å². The Hall–Kier alpha value is -0.870. The van der Waals surface area contributed by atoms with E-state index in [1.165, 1.54) is 0 Å². The maximum absolute atomic E-state index is 11.7. The first kappa shape index (κ1) is 13.6. The molecule has 0 saturated carbocycles. The summed E-state index contributed by atoms with van der Waals surface area (Å²) in [4.78, 5) is 11.7. The number of hydrogen-bond donors (Lipinski definition) is 1. The molecule has 1 fully saturated rings. The zero-order valence-electron chi connectivity index (χ0n) is 10.9. The van der Waals surface area contributed by atoms with E-state index in [9.17, 15) is 9.90 Å². The molecule has 2 aliphatic heterocycles. The Bertz CT molecular complexity index is 313. The van der Waals surface area contributed by atoms with Gasteiger partial charge in [-0.2, -0.15) is 0 Å². The number of rotatable bonds is 0. The van der Waals surface area contributed by atoms with Crippen molar-refractivity contribution >= 4 is 5.97 Å². The molecule has 2 bridgehead atoms. The monoisotopic (exact) mass is 254 g/mol. The van der Waals surface area contributed by atoms with Crippen molar-refractivity contribution in [3.63, 3.8) is 0 Å². The van der Waals surface area contributed by atoms with Crippen molar-refractivity contribution in [1.29, 1.82) is 0 Å². The lowest BCUT2D eigenvalue weighted by Crippen LogP contribution is -2.40. The van der Waals surface area contributed by atoms with Gasteiger partial charge in [0.05, 0.1) is 30.8 Å². The number of carbonyl (C=O) groups is 1. The summed E-state index contributed by atoms with van der Waals surface area (Å²) in [5.74, 6) is -0.267. The molecule has 18 heavy (non-hydrogen) atoms. The zero-order chi connectivity index (χ0) is 13.0. The summed E-state index contributed by atoms with van der Waals surface area (Å²) in [6.45, 7) is 1.91. The molecule has 0 aromatic heterocycles. The maximum Gasteiger partial charge on any atom is 0.308 e. The summed E-state index contributed by atoms with van der Waals surface area (Å²) in [5.41, 5.74) is 0. The Labute approximate surface area is 108 Å². The number of aliphatic hydroxyl groups is 1. The number of cyclic esters (lactones) is 1. The van der Waals surface area contributed by atoms with Gasteiger partial charge in [0, 0.05) is 0 Å². The molecule has 0 spiro atoms. The number of carbonyl (C=O) groups excluding carboxylic acids is 1. The third kappa shape index (κ3) is 3.82. The molecule has 4 heteroatoms. The van der Waals surface area contributed by atoms with E-state index in [2.05, 4.69) is 12.2 Å². The molecule has 0 amide bonds. The Morgan fingerprint density at radius 3 is 3.00 bits per heavy atom. The topological polar surface area (TPSA) is 55.8 Å². The summed E-state index contributed by atoms with van der Waals surface area (Å²) in [6.07, 6.45) is 7.73. The fourth-order valence-electron chi connectivity index (χ4n) is 2.50. The van der Waals surface area contributed by atoms with Crippen LogP contribution in [-0.4, -0.2) is 35.5 Å². The van der Waals surface area contributed by atoms with Gasteiger partial charge in [-0.3, -0.25) is 4.79 Å². The van der Waals surface area contributed by atoms with Crippen LogP contribution in [0.3, 0.4) is 0 Å². The summed E-state index contributed by atoms with van der Waals surface area (Å²) in [5, 5.41) is 9.85. The number of hydrogen-bond acceptors (Lipinski definition) is 4. The van der Waals surface area contributed by atoms with Crippen LogP contribution in [0.15, 0.2) is 12.2 Å². The molecule has 0 radical (unpaired) electrons. The van der Waals surface area contributed by atoms with Crippen LogP contribution >= 0.6 is 0 Å². The van der Waals surface area contributed by atoms with Crippen molar-refractivity contribution in [3.8, 4) is 0 Å². The average Bonchev–Trinajstić information content (AvgIpc) is 2.31. The number of ether oxygens (including phenoxy) is 2. The highest BCUT2D eigenvalue weighted by Crippen LogP contribution is 2.24. The third-order valence-electron chi connectivity index (χ3n) is 3.56. The molecule has 4 nitrogen and oxygen atoms in total. The SMILES string of the molecule is C[C@@H]1CCC/C=C\[C@H]2CC[C@H](O)[C@H](CC(=O)O1)O2. The van der Waals surface area contributed by atoms with Crippen LogP contribution in [0.2, 0.25) is 0 Å². The van der Waals surface area contributed by atoms with E-state index in [4.69, 9.17) is 9.47 Å². The van der Waals surface area contributed by atoms with Crippen LogP contribution in [0.1, 0.15) is 45.4 Å². The smallest absolute Gasteiger partial charge is 0.308 e. The highest BCUT2D eigenvalue weighted by atomic mass is 16.5. The van der Waals surface area contributed by atoms with E-state index in [1.807, 2.05) is 6.92 Å². The Morgan fingerprint density at radius 1 is 1.33 bits per heavy atom. The van der Waals surface area contributed by atoms with Gasteiger partial charge < -0.3 is 14.6 Å². The molecule has 2 aliphatic rings. The van der Waals surface area contributed by atoms with Crippen molar-refractivity contribution in [2.75, 3.05) is 0 Å². The molecule has 2 rings (SSSR count). The van der Waals surface area contributed by atoms with Gasteiger partial charge in [-0.25, -0.2) is 0 Å². The molecule has 0 aromatic rings. The molecule has 1 N–H and O–H groups in total. The molecule has 0 aliphatic carbocycles. The van der Waals surface area contributed by atoms with E-state index >= 15 is 0 Å². The molecule has 4 atom stereocenters. The van der Waals surface area contributed by atoms with Crippen molar-refractivity contribution in [2.45, 2.75) is 69.9 Å². The highest BCUT2D eigenvalue weighted by Gasteiger charge is 2.31. The second-order valence-electron chi connectivity index (χ2n) is 5.22. The van der Waals surface area contributed by atoms with E-state index in [-0.39, 0.29) is 24.6 Å². The molecule has 102 valence electrons. The fraction of sp³-hybridized carbons (Fsp3) is 0.786. The normalized spacial score (nSPS) is 40.2. The lowest BCUT2D eigenvalue weighted by molar-refractivity contribution is -0.160. The minimum Gasteiger partial charge on any atom is -0.463 e. The first-order valence-electron chi connectivity index (χ1n) is 6.85. The Kier molecular flexibility index (Phi) is 4.78. The quantitative estimate of drug-likeness (QED) is 0.530. The molecule has 1 saturated heterocycles. The minimum absolute atomic E-state index is 0.0306. The van der Waals surface area contributed by atoms with Gasteiger partial charge in [-0.1, -0.05) is 12.2 Å². The minimum atomic E-state index is -0.555. The average molecular weight is 254 g/mol. The summed E-state index contributed by atoms with van der Waals surface area (Å²) in [7, 11) is 0. The molecule has 2 heterocycles. The first-order chi connectivity index (χ1) is 8.65. The Morgan fingerprint density at radius 2 is 2.17 bits per heavy atom.